The van der Waals surface area contributed by atoms with E-state index in [1.807, 2.05) is 12.4 Å². The number of pyridine rings is 1. The highest BCUT2D eigenvalue weighted by Gasteiger charge is 2.22. The Balaban J connectivity index is 1.66. The second kappa shape index (κ2) is 8.84. The molecule has 2 amide bonds. The van der Waals surface area contributed by atoms with E-state index >= 15 is 0 Å². The van der Waals surface area contributed by atoms with Crippen molar-refractivity contribution in [2.45, 2.75) is 38.3 Å². The summed E-state index contributed by atoms with van der Waals surface area (Å²) in [6.45, 7) is 5.11. The van der Waals surface area contributed by atoms with E-state index in [0.29, 0.717) is 6.54 Å². The molecule has 128 valence electrons. The lowest BCUT2D eigenvalue weighted by Crippen LogP contribution is -2.49. The molecule has 2 heterocycles. The van der Waals surface area contributed by atoms with Gasteiger partial charge in [0.25, 0.3) is 0 Å². The minimum absolute atomic E-state index is 0.0962. The van der Waals surface area contributed by atoms with Crippen LogP contribution in [0.2, 0.25) is 0 Å². The van der Waals surface area contributed by atoms with E-state index < -0.39 is 6.10 Å². The van der Waals surface area contributed by atoms with Gasteiger partial charge in [-0.25, -0.2) is 4.79 Å². The first kappa shape index (κ1) is 17.7. The summed E-state index contributed by atoms with van der Waals surface area (Å²) in [7, 11) is 1.71. The molecule has 1 saturated heterocycles. The van der Waals surface area contributed by atoms with Gasteiger partial charge in [0.1, 0.15) is 0 Å². The highest BCUT2D eigenvalue weighted by atomic mass is 16.3. The fraction of sp³-hybridized carbons (Fsp3) is 0.647. The number of piperidine rings is 1. The summed E-state index contributed by atoms with van der Waals surface area (Å²) in [4.78, 5) is 20.0. The van der Waals surface area contributed by atoms with Crippen LogP contribution in [0.25, 0.3) is 0 Å². The molecule has 0 bridgehead atoms. The SMILES string of the molecule is CC(O)CN(C)C(=O)NC1CCN(CCc2ccncc2)CC1. The number of rotatable bonds is 6. The number of nitrogens with zero attached hydrogens (tertiary/aromatic N) is 3. The van der Waals surface area contributed by atoms with Crippen LogP contribution in [-0.4, -0.2) is 71.3 Å². The fourth-order valence-corrected chi connectivity index (χ4v) is 2.90. The number of carbonyl (C=O) groups excluding carboxylic acids is 1. The number of hydrogen-bond donors (Lipinski definition) is 2. The molecule has 6 nitrogen and oxygen atoms in total. The molecule has 6 heteroatoms. The standard InChI is InChI=1S/C17H28N4O2/c1-14(22)13-20(2)17(23)19-16-6-11-21(12-7-16)10-5-15-3-8-18-9-4-15/h3-4,8-9,14,16,22H,5-7,10-13H2,1-2H3,(H,19,23). The highest BCUT2D eigenvalue weighted by Crippen LogP contribution is 2.11. The molecular formula is C17H28N4O2. The minimum Gasteiger partial charge on any atom is -0.392 e. The zero-order valence-corrected chi connectivity index (χ0v) is 14.1. The number of likely N-dealkylation sites (tertiary alicyclic amines) is 1. The van der Waals surface area contributed by atoms with E-state index in [4.69, 9.17) is 0 Å². The van der Waals surface area contributed by atoms with Crippen molar-refractivity contribution in [1.29, 1.82) is 0 Å². The van der Waals surface area contributed by atoms with Crippen LogP contribution in [-0.2, 0) is 6.42 Å². The van der Waals surface area contributed by atoms with Gasteiger partial charge in [-0.2, -0.15) is 0 Å². The van der Waals surface area contributed by atoms with Crippen molar-refractivity contribution < 1.29 is 9.90 Å². The number of carbonyl (C=O) groups is 1. The maximum atomic E-state index is 12.0. The number of urea groups is 1. The fourth-order valence-electron chi connectivity index (χ4n) is 2.90. The molecule has 0 spiro atoms. The molecule has 0 aliphatic carbocycles. The molecule has 2 rings (SSSR count). The van der Waals surface area contributed by atoms with Crippen LogP contribution >= 0.6 is 0 Å². The minimum atomic E-state index is -0.499. The first-order chi connectivity index (χ1) is 11.0. The van der Waals surface area contributed by atoms with Gasteiger partial charge in [0.15, 0.2) is 0 Å². The predicted molar refractivity (Wildman–Crippen MR) is 90.2 cm³/mol. The molecule has 0 radical (unpaired) electrons. The number of amides is 2. The Kier molecular flexibility index (Phi) is 6.80. The maximum Gasteiger partial charge on any atom is 0.317 e. The van der Waals surface area contributed by atoms with Crippen molar-refractivity contribution in [3.63, 3.8) is 0 Å². The Morgan fingerprint density at radius 3 is 2.70 bits per heavy atom. The Bertz CT molecular complexity index is 473. The van der Waals surface area contributed by atoms with Crippen molar-refractivity contribution >= 4 is 6.03 Å². The second-order valence-electron chi connectivity index (χ2n) is 6.40. The summed E-state index contributed by atoms with van der Waals surface area (Å²) in [6, 6.07) is 4.26. The number of aromatic nitrogens is 1. The van der Waals surface area contributed by atoms with E-state index in [9.17, 15) is 9.90 Å². The van der Waals surface area contributed by atoms with E-state index in [0.717, 1.165) is 38.9 Å². The van der Waals surface area contributed by atoms with Crippen LogP contribution < -0.4 is 5.32 Å². The molecule has 1 aromatic heterocycles. The molecule has 1 atom stereocenters. The van der Waals surface area contributed by atoms with Crippen molar-refractivity contribution in [1.82, 2.24) is 20.1 Å². The average molecular weight is 320 g/mol. The second-order valence-corrected chi connectivity index (χ2v) is 6.40. The van der Waals surface area contributed by atoms with Crippen molar-refractivity contribution in [3.8, 4) is 0 Å². The summed E-state index contributed by atoms with van der Waals surface area (Å²) in [5.74, 6) is 0. The lowest BCUT2D eigenvalue weighted by molar-refractivity contribution is 0.138. The van der Waals surface area contributed by atoms with Crippen molar-refractivity contribution in [2.75, 3.05) is 33.2 Å². The van der Waals surface area contributed by atoms with E-state index in [2.05, 4.69) is 27.3 Å². The van der Waals surface area contributed by atoms with Crippen LogP contribution in [0.4, 0.5) is 4.79 Å². The Morgan fingerprint density at radius 1 is 1.43 bits per heavy atom. The third-order valence-electron chi connectivity index (χ3n) is 4.27. The number of aliphatic hydroxyl groups is 1. The molecule has 23 heavy (non-hydrogen) atoms. The number of likely N-dealkylation sites (N-methyl/N-ethyl adjacent to an activating group) is 1. The maximum absolute atomic E-state index is 12.0. The van der Waals surface area contributed by atoms with Crippen LogP contribution in [0.1, 0.15) is 25.3 Å². The molecular weight excluding hydrogens is 292 g/mol. The third kappa shape index (κ3) is 6.15. The van der Waals surface area contributed by atoms with Gasteiger partial charge in [-0.3, -0.25) is 4.98 Å². The van der Waals surface area contributed by atoms with Gasteiger partial charge in [-0.1, -0.05) is 0 Å². The highest BCUT2D eigenvalue weighted by molar-refractivity contribution is 5.74. The van der Waals surface area contributed by atoms with Crippen LogP contribution in [0, 0.1) is 0 Å². The van der Waals surface area contributed by atoms with E-state index in [1.54, 1.807) is 18.9 Å². The summed E-state index contributed by atoms with van der Waals surface area (Å²) in [5.41, 5.74) is 1.31. The topological polar surface area (TPSA) is 68.7 Å². The van der Waals surface area contributed by atoms with Gasteiger partial charge in [-0.05, 0) is 43.9 Å². The smallest absolute Gasteiger partial charge is 0.317 e. The van der Waals surface area contributed by atoms with Gasteiger partial charge in [0, 0.05) is 51.7 Å². The van der Waals surface area contributed by atoms with Crippen LogP contribution in [0.15, 0.2) is 24.5 Å². The molecule has 1 unspecified atom stereocenters. The van der Waals surface area contributed by atoms with Crippen molar-refractivity contribution in [3.05, 3.63) is 30.1 Å². The molecule has 1 fully saturated rings. The summed E-state index contributed by atoms with van der Waals surface area (Å²) >= 11 is 0. The first-order valence-corrected chi connectivity index (χ1v) is 8.35. The normalized spacial score (nSPS) is 17.7. The van der Waals surface area contributed by atoms with E-state index in [1.165, 1.54) is 5.56 Å². The number of aliphatic hydroxyl groups excluding tert-OH is 1. The third-order valence-corrected chi connectivity index (χ3v) is 4.27. The van der Waals surface area contributed by atoms with E-state index in [-0.39, 0.29) is 12.1 Å². The molecule has 1 aliphatic rings. The number of nitrogens with one attached hydrogen (secondary N) is 1. The summed E-state index contributed by atoms with van der Waals surface area (Å²) < 4.78 is 0. The first-order valence-electron chi connectivity index (χ1n) is 8.35. The van der Waals surface area contributed by atoms with Gasteiger partial charge < -0.3 is 20.2 Å². The van der Waals surface area contributed by atoms with Crippen LogP contribution in [0.3, 0.4) is 0 Å². The Labute approximate surface area is 138 Å². The predicted octanol–water partition coefficient (Wildman–Crippen LogP) is 1.11. The van der Waals surface area contributed by atoms with Crippen molar-refractivity contribution in [2.24, 2.45) is 0 Å². The van der Waals surface area contributed by atoms with Gasteiger partial charge in [-0.15, -0.1) is 0 Å². The molecule has 2 N–H and O–H groups in total. The van der Waals surface area contributed by atoms with Gasteiger partial charge >= 0.3 is 6.03 Å². The quantitative estimate of drug-likeness (QED) is 0.824. The van der Waals surface area contributed by atoms with Crippen LogP contribution in [0.5, 0.6) is 0 Å². The van der Waals surface area contributed by atoms with Gasteiger partial charge in [0.05, 0.1) is 6.10 Å². The number of hydrogen-bond acceptors (Lipinski definition) is 4. The lowest BCUT2D eigenvalue weighted by atomic mass is 10.0. The Hall–Kier alpha value is -1.66. The molecule has 1 aliphatic heterocycles. The largest absolute Gasteiger partial charge is 0.392 e. The molecule has 1 aromatic rings. The zero-order valence-electron chi connectivity index (χ0n) is 14.1. The Morgan fingerprint density at radius 2 is 2.09 bits per heavy atom. The summed E-state index contributed by atoms with van der Waals surface area (Å²) in [5, 5.41) is 12.4. The zero-order chi connectivity index (χ0) is 16.7. The van der Waals surface area contributed by atoms with Gasteiger partial charge in [0.2, 0.25) is 0 Å². The molecule has 0 aromatic carbocycles. The monoisotopic (exact) mass is 320 g/mol. The molecule has 0 saturated carbocycles. The average Bonchev–Trinajstić information content (AvgIpc) is 2.54. The summed E-state index contributed by atoms with van der Waals surface area (Å²) in [6.07, 6.45) is 6.16. The lowest BCUT2D eigenvalue weighted by Gasteiger charge is -2.33.